The number of nitriles is 1. The van der Waals surface area contributed by atoms with E-state index in [1.165, 1.54) is 0 Å². The Balaban J connectivity index is 2.70. The number of nitrogens with zero attached hydrogens (tertiary/aromatic N) is 1. The average molecular weight is 197 g/mol. The monoisotopic (exact) mass is 197 g/mol. The minimum Gasteiger partial charge on any atom is -0.497 e. The Labute approximate surface area is 88.7 Å². The van der Waals surface area contributed by atoms with Gasteiger partial charge in [0.15, 0.2) is 0 Å². The van der Waals surface area contributed by atoms with Crippen molar-refractivity contribution in [3.63, 3.8) is 0 Å². The van der Waals surface area contributed by atoms with Crippen LogP contribution in [0.2, 0.25) is 0 Å². The summed E-state index contributed by atoms with van der Waals surface area (Å²) in [6.07, 6.45) is 0.414. The molecule has 0 fully saturated rings. The second-order valence-electron chi connectivity index (χ2n) is 3.34. The summed E-state index contributed by atoms with van der Waals surface area (Å²) in [6, 6.07) is 14.1. The predicted octanol–water partition coefficient (Wildman–Crippen LogP) is 2.91. The van der Waals surface area contributed by atoms with E-state index in [0.717, 1.165) is 22.1 Å². The fourth-order valence-electron chi connectivity index (χ4n) is 1.71. The van der Waals surface area contributed by atoms with Crippen molar-refractivity contribution in [2.24, 2.45) is 0 Å². The first-order valence-corrected chi connectivity index (χ1v) is 4.78. The summed E-state index contributed by atoms with van der Waals surface area (Å²) in [5.74, 6) is 0.805. The summed E-state index contributed by atoms with van der Waals surface area (Å²) < 4.78 is 5.20. The highest BCUT2D eigenvalue weighted by atomic mass is 16.5. The Morgan fingerprint density at radius 2 is 2.07 bits per heavy atom. The quantitative estimate of drug-likeness (QED) is 0.741. The van der Waals surface area contributed by atoms with Crippen molar-refractivity contribution in [3.05, 3.63) is 42.0 Å². The number of fused-ring (bicyclic) bond motifs is 1. The number of hydrogen-bond donors (Lipinski definition) is 0. The molecule has 0 atom stereocenters. The fraction of sp³-hybridized carbons (Fsp3) is 0.154. The van der Waals surface area contributed by atoms with Crippen molar-refractivity contribution in [1.29, 1.82) is 5.26 Å². The maximum atomic E-state index is 8.75. The van der Waals surface area contributed by atoms with Crippen molar-refractivity contribution in [2.45, 2.75) is 6.42 Å². The third-order valence-electron chi connectivity index (χ3n) is 2.43. The average Bonchev–Trinajstić information content (AvgIpc) is 2.29. The molecule has 0 heterocycles. The van der Waals surface area contributed by atoms with Crippen LogP contribution in [0, 0.1) is 11.3 Å². The molecule has 0 bridgehead atoms. The zero-order valence-electron chi connectivity index (χ0n) is 8.53. The molecular weight excluding hydrogens is 186 g/mol. The molecule has 0 aromatic heterocycles. The summed E-state index contributed by atoms with van der Waals surface area (Å²) in [7, 11) is 1.64. The summed E-state index contributed by atoms with van der Waals surface area (Å²) in [5, 5.41) is 11.0. The normalized spacial score (nSPS) is 9.87. The van der Waals surface area contributed by atoms with Crippen LogP contribution >= 0.6 is 0 Å². The molecule has 15 heavy (non-hydrogen) atoms. The fourth-order valence-corrected chi connectivity index (χ4v) is 1.71. The van der Waals surface area contributed by atoms with Gasteiger partial charge in [0.2, 0.25) is 0 Å². The lowest BCUT2D eigenvalue weighted by atomic mass is 10.0. The molecule has 0 spiro atoms. The second-order valence-corrected chi connectivity index (χ2v) is 3.34. The van der Waals surface area contributed by atoms with Gasteiger partial charge in [-0.2, -0.15) is 5.26 Å². The first-order chi connectivity index (χ1) is 7.35. The summed E-state index contributed by atoms with van der Waals surface area (Å²) in [6.45, 7) is 0. The van der Waals surface area contributed by atoms with Gasteiger partial charge in [0.1, 0.15) is 5.75 Å². The van der Waals surface area contributed by atoms with Crippen LogP contribution in [-0.4, -0.2) is 7.11 Å². The molecule has 0 aliphatic rings. The van der Waals surface area contributed by atoms with E-state index >= 15 is 0 Å². The van der Waals surface area contributed by atoms with Gasteiger partial charge in [-0.15, -0.1) is 0 Å². The summed E-state index contributed by atoms with van der Waals surface area (Å²) in [4.78, 5) is 0. The number of methoxy groups -OCH3 is 1. The van der Waals surface area contributed by atoms with Crippen LogP contribution in [0.25, 0.3) is 10.8 Å². The zero-order chi connectivity index (χ0) is 10.7. The van der Waals surface area contributed by atoms with Crippen LogP contribution in [0.4, 0.5) is 0 Å². The van der Waals surface area contributed by atoms with Gasteiger partial charge < -0.3 is 4.74 Å². The molecule has 0 saturated carbocycles. The van der Waals surface area contributed by atoms with Gasteiger partial charge in [0.05, 0.1) is 19.6 Å². The second kappa shape index (κ2) is 4.02. The molecular formula is C13H11NO. The molecule has 0 saturated heterocycles. The molecule has 2 heteroatoms. The third kappa shape index (κ3) is 1.77. The Hall–Kier alpha value is -2.01. The van der Waals surface area contributed by atoms with Crippen LogP contribution in [0.15, 0.2) is 36.4 Å². The first kappa shape index (κ1) is 9.54. The molecule has 2 rings (SSSR count). The van der Waals surface area contributed by atoms with Crippen molar-refractivity contribution in [1.82, 2.24) is 0 Å². The van der Waals surface area contributed by atoms with Gasteiger partial charge in [0, 0.05) is 0 Å². The minimum absolute atomic E-state index is 0.414. The van der Waals surface area contributed by atoms with Crippen LogP contribution in [0.3, 0.4) is 0 Å². The lowest BCUT2D eigenvalue weighted by molar-refractivity contribution is 0.415. The van der Waals surface area contributed by atoms with E-state index in [-0.39, 0.29) is 0 Å². The molecule has 2 nitrogen and oxygen atoms in total. The van der Waals surface area contributed by atoms with Crippen LogP contribution < -0.4 is 4.74 Å². The molecule has 0 aliphatic heterocycles. The van der Waals surface area contributed by atoms with E-state index in [9.17, 15) is 0 Å². The Kier molecular flexibility index (Phi) is 2.55. The molecule has 2 aromatic rings. The highest BCUT2D eigenvalue weighted by Gasteiger charge is 2.03. The van der Waals surface area contributed by atoms with E-state index in [1.807, 2.05) is 36.4 Å². The van der Waals surface area contributed by atoms with Crippen LogP contribution in [-0.2, 0) is 6.42 Å². The number of ether oxygens (including phenoxy) is 1. The molecule has 0 N–H and O–H groups in total. The molecule has 74 valence electrons. The van der Waals surface area contributed by atoms with Crippen molar-refractivity contribution in [2.75, 3.05) is 7.11 Å². The lowest BCUT2D eigenvalue weighted by Gasteiger charge is -2.06. The first-order valence-electron chi connectivity index (χ1n) is 4.78. The van der Waals surface area contributed by atoms with E-state index in [0.29, 0.717) is 6.42 Å². The van der Waals surface area contributed by atoms with E-state index in [2.05, 4.69) is 6.07 Å². The third-order valence-corrected chi connectivity index (χ3v) is 2.43. The number of benzene rings is 2. The number of hydrogen-bond acceptors (Lipinski definition) is 2. The Morgan fingerprint density at radius 3 is 2.80 bits per heavy atom. The molecule has 0 unspecified atom stereocenters. The molecule has 2 aromatic carbocycles. The highest BCUT2D eigenvalue weighted by molar-refractivity contribution is 5.87. The maximum Gasteiger partial charge on any atom is 0.119 e. The summed E-state index contributed by atoms with van der Waals surface area (Å²) in [5.41, 5.74) is 1.02. The predicted molar refractivity (Wildman–Crippen MR) is 59.8 cm³/mol. The number of rotatable bonds is 2. The SMILES string of the molecule is COc1cc(CC#N)c2ccccc2c1. The van der Waals surface area contributed by atoms with E-state index in [4.69, 9.17) is 10.00 Å². The van der Waals surface area contributed by atoms with Crippen molar-refractivity contribution < 1.29 is 4.74 Å². The topological polar surface area (TPSA) is 33.0 Å². The smallest absolute Gasteiger partial charge is 0.119 e. The van der Waals surface area contributed by atoms with Crippen molar-refractivity contribution >= 4 is 10.8 Å². The largest absolute Gasteiger partial charge is 0.497 e. The van der Waals surface area contributed by atoms with Gasteiger partial charge in [-0.1, -0.05) is 24.3 Å². The van der Waals surface area contributed by atoms with E-state index < -0.39 is 0 Å². The zero-order valence-corrected chi connectivity index (χ0v) is 8.53. The van der Waals surface area contributed by atoms with Gasteiger partial charge in [-0.25, -0.2) is 0 Å². The standard InChI is InChI=1S/C13H11NO/c1-15-12-8-10-4-2-3-5-13(10)11(9-12)6-7-14/h2-5,8-9H,6H2,1H3. The van der Waals surface area contributed by atoms with Gasteiger partial charge in [-0.05, 0) is 28.5 Å². The molecule has 0 amide bonds. The lowest BCUT2D eigenvalue weighted by Crippen LogP contribution is -1.89. The Morgan fingerprint density at radius 1 is 1.27 bits per heavy atom. The Bertz CT molecular complexity index is 526. The van der Waals surface area contributed by atoms with Gasteiger partial charge in [-0.3, -0.25) is 0 Å². The molecule has 0 aliphatic carbocycles. The van der Waals surface area contributed by atoms with Gasteiger partial charge >= 0.3 is 0 Å². The highest BCUT2D eigenvalue weighted by Crippen LogP contribution is 2.25. The maximum absolute atomic E-state index is 8.75. The van der Waals surface area contributed by atoms with Crippen LogP contribution in [0.5, 0.6) is 5.75 Å². The van der Waals surface area contributed by atoms with Crippen LogP contribution in [0.1, 0.15) is 5.56 Å². The van der Waals surface area contributed by atoms with E-state index in [1.54, 1.807) is 7.11 Å². The summed E-state index contributed by atoms with van der Waals surface area (Å²) >= 11 is 0. The minimum atomic E-state index is 0.414. The molecule has 0 radical (unpaired) electrons. The van der Waals surface area contributed by atoms with Crippen molar-refractivity contribution in [3.8, 4) is 11.8 Å². The van der Waals surface area contributed by atoms with Gasteiger partial charge in [0.25, 0.3) is 0 Å².